The van der Waals surface area contributed by atoms with Gasteiger partial charge in [0.05, 0.1) is 6.61 Å². The van der Waals surface area contributed by atoms with Crippen molar-refractivity contribution in [3.8, 4) is 0 Å². The highest BCUT2D eigenvalue weighted by atomic mass is 16.5. The standard InChI is InChI=1S/C10H20N2O3/c1-3-15-10(14)5-4-6-11-7-8-12-9(2)13/h11H,3-8H2,1-2H3,(H,12,13). The van der Waals surface area contributed by atoms with Crippen molar-refractivity contribution in [1.29, 1.82) is 0 Å². The summed E-state index contributed by atoms with van der Waals surface area (Å²) >= 11 is 0. The molecular weight excluding hydrogens is 196 g/mol. The van der Waals surface area contributed by atoms with Crippen LogP contribution in [0, 0.1) is 0 Å². The topological polar surface area (TPSA) is 67.4 Å². The van der Waals surface area contributed by atoms with Gasteiger partial charge < -0.3 is 15.4 Å². The van der Waals surface area contributed by atoms with Crippen LogP contribution < -0.4 is 10.6 Å². The predicted molar refractivity (Wildman–Crippen MR) is 57.4 cm³/mol. The second-order valence-corrected chi connectivity index (χ2v) is 3.14. The van der Waals surface area contributed by atoms with Crippen LogP contribution in [0.4, 0.5) is 0 Å². The minimum atomic E-state index is -0.152. The number of hydrogen-bond acceptors (Lipinski definition) is 4. The van der Waals surface area contributed by atoms with Gasteiger partial charge in [0.2, 0.25) is 5.91 Å². The van der Waals surface area contributed by atoms with Gasteiger partial charge in [-0.15, -0.1) is 0 Å². The third kappa shape index (κ3) is 10.8. The van der Waals surface area contributed by atoms with Crippen LogP contribution in [-0.2, 0) is 14.3 Å². The Hall–Kier alpha value is -1.10. The maximum atomic E-state index is 10.9. The third-order valence-corrected chi connectivity index (χ3v) is 1.72. The summed E-state index contributed by atoms with van der Waals surface area (Å²) in [5, 5.41) is 5.79. The normalized spacial score (nSPS) is 9.73. The molecule has 0 saturated heterocycles. The Labute approximate surface area is 90.6 Å². The van der Waals surface area contributed by atoms with Crippen molar-refractivity contribution in [2.24, 2.45) is 0 Å². The van der Waals surface area contributed by atoms with E-state index in [-0.39, 0.29) is 11.9 Å². The second-order valence-electron chi connectivity index (χ2n) is 3.14. The molecule has 0 heterocycles. The van der Waals surface area contributed by atoms with E-state index in [1.807, 2.05) is 0 Å². The first-order valence-corrected chi connectivity index (χ1v) is 5.27. The first kappa shape index (κ1) is 13.9. The van der Waals surface area contributed by atoms with Crippen molar-refractivity contribution in [2.45, 2.75) is 26.7 Å². The monoisotopic (exact) mass is 216 g/mol. The van der Waals surface area contributed by atoms with Gasteiger partial charge in [-0.3, -0.25) is 9.59 Å². The Morgan fingerprint density at radius 3 is 2.53 bits per heavy atom. The van der Waals surface area contributed by atoms with Crippen LogP contribution in [0.3, 0.4) is 0 Å². The average molecular weight is 216 g/mol. The molecule has 1 amide bonds. The highest BCUT2D eigenvalue weighted by Crippen LogP contribution is 1.90. The Balaban J connectivity index is 3.11. The lowest BCUT2D eigenvalue weighted by Gasteiger charge is -2.05. The van der Waals surface area contributed by atoms with Crippen LogP contribution in [0.2, 0.25) is 0 Å². The minimum Gasteiger partial charge on any atom is -0.466 e. The van der Waals surface area contributed by atoms with Crippen molar-refractivity contribution < 1.29 is 14.3 Å². The lowest BCUT2D eigenvalue weighted by molar-refractivity contribution is -0.143. The van der Waals surface area contributed by atoms with Gasteiger partial charge in [0.25, 0.3) is 0 Å². The molecule has 0 rings (SSSR count). The minimum absolute atomic E-state index is 0.0247. The molecule has 5 heteroatoms. The van der Waals surface area contributed by atoms with Crippen molar-refractivity contribution in [3.63, 3.8) is 0 Å². The van der Waals surface area contributed by atoms with Crippen molar-refractivity contribution in [3.05, 3.63) is 0 Å². The fourth-order valence-electron chi connectivity index (χ4n) is 1.04. The van der Waals surface area contributed by atoms with E-state index in [1.54, 1.807) is 6.92 Å². The third-order valence-electron chi connectivity index (χ3n) is 1.72. The van der Waals surface area contributed by atoms with Crippen LogP contribution in [-0.4, -0.2) is 38.1 Å². The molecule has 0 saturated carbocycles. The van der Waals surface area contributed by atoms with Crippen LogP contribution >= 0.6 is 0 Å². The average Bonchev–Trinajstić information content (AvgIpc) is 2.16. The highest BCUT2D eigenvalue weighted by Gasteiger charge is 1.99. The molecule has 0 aromatic rings. The van der Waals surface area contributed by atoms with Gasteiger partial charge in [0.1, 0.15) is 0 Å². The maximum Gasteiger partial charge on any atom is 0.305 e. The van der Waals surface area contributed by atoms with Crippen LogP contribution in [0.15, 0.2) is 0 Å². The number of nitrogens with one attached hydrogen (secondary N) is 2. The lowest BCUT2D eigenvalue weighted by atomic mass is 10.3. The Morgan fingerprint density at radius 2 is 1.93 bits per heavy atom. The fourth-order valence-corrected chi connectivity index (χ4v) is 1.04. The summed E-state index contributed by atoms with van der Waals surface area (Å²) in [5.41, 5.74) is 0. The predicted octanol–water partition coefficient (Wildman–Crippen LogP) is 0.0554. The second kappa shape index (κ2) is 9.45. The molecule has 0 bridgehead atoms. The first-order valence-electron chi connectivity index (χ1n) is 5.27. The molecule has 15 heavy (non-hydrogen) atoms. The number of amides is 1. The summed E-state index contributed by atoms with van der Waals surface area (Å²) < 4.78 is 4.78. The molecule has 0 unspecified atom stereocenters. The summed E-state index contributed by atoms with van der Waals surface area (Å²) in [4.78, 5) is 21.4. The number of esters is 1. The first-order chi connectivity index (χ1) is 7.16. The number of carbonyl (C=O) groups is 2. The van der Waals surface area contributed by atoms with E-state index in [1.165, 1.54) is 6.92 Å². The van der Waals surface area contributed by atoms with Crippen molar-refractivity contribution in [1.82, 2.24) is 10.6 Å². The summed E-state index contributed by atoms with van der Waals surface area (Å²) in [6.45, 7) is 5.83. The molecule has 5 nitrogen and oxygen atoms in total. The molecule has 0 aliphatic rings. The molecule has 0 aliphatic heterocycles. The summed E-state index contributed by atoms with van der Waals surface area (Å²) in [5.74, 6) is -0.176. The quantitative estimate of drug-likeness (QED) is 0.444. The van der Waals surface area contributed by atoms with Gasteiger partial charge in [0, 0.05) is 26.4 Å². The Morgan fingerprint density at radius 1 is 1.20 bits per heavy atom. The van der Waals surface area contributed by atoms with Crippen molar-refractivity contribution in [2.75, 3.05) is 26.2 Å². The summed E-state index contributed by atoms with van der Waals surface area (Å²) in [6, 6.07) is 0. The SMILES string of the molecule is CCOC(=O)CCCNCCNC(C)=O. The highest BCUT2D eigenvalue weighted by molar-refractivity contribution is 5.72. The van der Waals surface area contributed by atoms with Crippen LogP contribution in [0.25, 0.3) is 0 Å². The number of rotatable bonds is 8. The van der Waals surface area contributed by atoms with Gasteiger partial charge in [0.15, 0.2) is 0 Å². The zero-order valence-electron chi connectivity index (χ0n) is 9.47. The van der Waals surface area contributed by atoms with E-state index in [2.05, 4.69) is 10.6 Å². The van der Waals surface area contributed by atoms with E-state index in [0.717, 1.165) is 19.5 Å². The van der Waals surface area contributed by atoms with Crippen LogP contribution in [0.1, 0.15) is 26.7 Å². The molecule has 0 aromatic carbocycles. The van der Waals surface area contributed by atoms with Crippen molar-refractivity contribution >= 4 is 11.9 Å². The lowest BCUT2D eigenvalue weighted by Crippen LogP contribution is -2.30. The van der Waals surface area contributed by atoms with Gasteiger partial charge in [-0.25, -0.2) is 0 Å². The smallest absolute Gasteiger partial charge is 0.305 e. The van der Waals surface area contributed by atoms with Gasteiger partial charge in [-0.2, -0.15) is 0 Å². The molecular formula is C10H20N2O3. The molecule has 0 radical (unpaired) electrons. The molecule has 0 atom stereocenters. The summed E-state index contributed by atoms with van der Waals surface area (Å²) in [7, 11) is 0. The Kier molecular flexibility index (Phi) is 8.76. The van der Waals surface area contributed by atoms with Crippen LogP contribution in [0.5, 0.6) is 0 Å². The molecule has 88 valence electrons. The molecule has 2 N–H and O–H groups in total. The van der Waals surface area contributed by atoms with Gasteiger partial charge in [-0.1, -0.05) is 0 Å². The zero-order valence-corrected chi connectivity index (χ0v) is 9.47. The van der Waals surface area contributed by atoms with Gasteiger partial charge >= 0.3 is 5.97 Å². The van der Waals surface area contributed by atoms with E-state index in [9.17, 15) is 9.59 Å². The number of ether oxygens (including phenoxy) is 1. The zero-order chi connectivity index (χ0) is 11.5. The van der Waals surface area contributed by atoms with E-state index >= 15 is 0 Å². The maximum absolute atomic E-state index is 10.9. The fraction of sp³-hybridized carbons (Fsp3) is 0.800. The molecule has 0 spiro atoms. The molecule has 0 aromatic heterocycles. The molecule has 0 aliphatic carbocycles. The number of carbonyl (C=O) groups excluding carboxylic acids is 2. The number of hydrogen-bond donors (Lipinski definition) is 2. The Bertz CT molecular complexity index is 195. The largest absolute Gasteiger partial charge is 0.466 e. The van der Waals surface area contributed by atoms with E-state index in [0.29, 0.717) is 19.6 Å². The summed E-state index contributed by atoms with van der Waals surface area (Å²) in [6.07, 6.45) is 1.21. The van der Waals surface area contributed by atoms with E-state index in [4.69, 9.17) is 4.74 Å². The molecule has 0 fully saturated rings. The van der Waals surface area contributed by atoms with Gasteiger partial charge in [-0.05, 0) is 19.9 Å². The van der Waals surface area contributed by atoms with E-state index < -0.39 is 0 Å².